The molecule has 5 heteroatoms. The maximum atomic E-state index is 11.0. The molecular formula is C15H16N2O3. The van der Waals surface area contributed by atoms with Gasteiger partial charge in [0, 0.05) is 18.5 Å². The SMILES string of the molecule is CCn1nc(-c2ccc3c(c2)OCCCO3)cc1C=O. The van der Waals surface area contributed by atoms with Crippen molar-refractivity contribution in [3.63, 3.8) is 0 Å². The average molecular weight is 272 g/mol. The zero-order chi connectivity index (χ0) is 13.9. The molecule has 0 N–H and O–H groups in total. The second-order valence-electron chi connectivity index (χ2n) is 4.60. The van der Waals surface area contributed by atoms with Crippen molar-refractivity contribution >= 4 is 6.29 Å². The fourth-order valence-electron chi connectivity index (χ4n) is 2.24. The Hall–Kier alpha value is -2.30. The standard InChI is InChI=1S/C15H16N2O3/c1-2-17-12(10-18)9-13(16-17)11-4-5-14-15(8-11)20-7-3-6-19-14/h4-5,8-10H,2-3,6-7H2,1H3. The first-order chi connectivity index (χ1) is 9.81. The molecule has 0 aliphatic carbocycles. The molecule has 0 unspecified atom stereocenters. The summed E-state index contributed by atoms with van der Waals surface area (Å²) in [4.78, 5) is 11.0. The monoisotopic (exact) mass is 272 g/mol. The van der Waals surface area contributed by atoms with E-state index in [1.165, 1.54) is 0 Å². The Labute approximate surface area is 117 Å². The summed E-state index contributed by atoms with van der Waals surface area (Å²) in [6.45, 7) is 3.95. The van der Waals surface area contributed by atoms with Crippen LogP contribution < -0.4 is 9.47 Å². The molecular weight excluding hydrogens is 256 g/mol. The minimum Gasteiger partial charge on any atom is -0.490 e. The van der Waals surface area contributed by atoms with Crippen LogP contribution in [-0.2, 0) is 6.54 Å². The quantitative estimate of drug-likeness (QED) is 0.806. The summed E-state index contributed by atoms with van der Waals surface area (Å²) in [5.41, 5.74) is 2.27. The van der Waals surface area contributed by atoms with Gasteiger partial charge in [0.05, 0.1) is 18.9 Å². The van der Waals surface area contributed by atoms with Crippen LogP contribution >= 0.6 is 0 Å². The summed E-state index contributed by atoms with van der Waals surface area (Å²) >= 11 is 0. The Kier molecular flexibility index (Phi) is 3.41. The Morgan fingerprint density at radius 1 is 1.25 bits per heavy atom. The normalized spacial score (nSPS) is 13.8. The molecule has 20 heavy (non-hydrogen) atoms. The summed E-state index contributed by atoms with van der Waals surface area (Å²) < 4.78 is 13.0. The highest BCUT2D eigenvalue weighted by molar-refractivity contribution is 5.76. The molecule has 0 fully saturated rings. The first kappa shape index (κ1) is 12.7. The zero-order valence-electron chi connectivity index (χ0n) is 11.3. The van der Waals surface area contributed by atoms with E-state index in [4.69, 9.17) is 9.47 Å². The van der Waals surface area contributed by atoms with E-state index in [0.29, 0.717) is 25.5 Å². The van der Waals surface area contributed by atoms with Crippen LogP contribution in [0.5, 0.6) is 11.5 Å². The maximum Gasteiger partial charge on any atom is 0.168 e. The molecule has 3 rings (SSSR count). The molecule has 1 aliphatic rings. The van der Waals surface area contributed by atoms with Crippen molar-refractivity contribution in [2.75, 3.05) is 13.2 Å². The molecule has 5 nitrogen and oxygen atoms in total. The third-order valence-electron chi connectivity index (χ3n) is 3.27. The van der Waals surface area contributed by atoms with Crippen LogP contribution in [-0.4, -0.2) is 29.3 Å². The minimum atomic E-state index is 0.578. The van der Waals surface area contributed by atoms with Gasteiger partial charge < -0.3 is 9.47 Å². The van der Waals surface area contributed by atoms with Crippen molar-refractivity contribution in [3.05, 3.63) is 30.0 Å². The highest BCUT2D eigenvalue weighted by atomic mass is 16.5. The number of nitrogens with zero attached hydrogens (tertiary/aromatic N) is 2. The van der Waals surface area contributed by atoms with Crippen LogP contribution in [0.25, 0.3) is 11.3 Å². The average Bonchev–Trinajstić information content (AvgIpc) is 2.77. The second-order valence-corrected chi connectivity index (χ2v) is 4.60. The van der Waals surface area contributed by atoms with Gasteiger partial charge in [0.1, 0.15) is 5.69 Å². The second kappa shape index (κ2) is 5.36. The summed E-state index contributed by atoms with van der Waals surface area (Å²) in [6.07, 6.45) is 1.70. The van der Waals surface area contributed by atoms with Gasteiger partial charge in [-0.25, -0.2) is 0 Å². The number of hydrogen-bond acceptors (Lipinski definition) is 4. The summed E-state index contributed by atoms with van der Waals surface area (Å²) in [7, 11) is 0. The predicted octanol–water partition coefficient (Wildman–Crippen LogP) is 2.54. The van der Waals surface area contributed by atoms with Gasteiger partial charge in [0.15, 0.2) is 17.8 Å². The first-order valence-corrected chi connectivity index (χ1v) is 6.75. The highest BCUT2D eigenvalue weighted by Crippen LogP contribution is 2.33. The molecule has 2 aromatic rings. The third-order valence-corrected chi connectivity index (χ3v) is 3.27. The number of aromatic nitrogens is 2. The lowest BCUT2D eigenvalue weighted by Gasteiger charge is -2.08. The summed E-state index contributed by atoms with van der Waals surface area (Å²) in [6, 6.07) is 7.53. The van der Waals surface area contributed by atoms with E-state index in [1.807, 2.05) is 25.1 Å². The number of benzene rings is 1. The molecule has 104 valence electrons. The molecule has 2 heterocycles. The lowest BCUT2D eigenvalue weighted by Crippen LogP contribution is -2.01. The smallest absolute Gasteiger partial charge is 0.168 e. The van der Waals surface area contributed by atoms with Crippen molar-refractivity contribution < 1.29 is 14.3 Å². The number of aryl methyl sites for hydroxylation is 1. The molecule has 0 bridgehead atoms. The number of aldehydes is 1. The van der Waals surface area contributed by atoms with Gasteiger partial charge in [0.25, 0.3) is 0 Å². The Bertz CT molecular complexity index is 634. The van der Waals surface area contributed by atoms with Crippen molar-refractivity contribution in [1.82, 2.24) is 9.78 Å². The van der Waals surface area contributed by atoms with Crippen LogP contribution in [0.3, 0.4) is 0 Å². The number of rotatable bonds is 3. The summed E-state index contributed by atoms with van der Waals surface area (Å²) in [5, 5.41) is 4.43. The van der Waals surface area contributed by atoms with E-state index in [0.717, 1.165) is 35.5 Å². The van der Waals surface area contributed by atoms with Gasteiger partial charge >= 0.3 is 0 Å². The van der Waals surface area contributed by atoms with Gasteiger partial charge in [-0.2, -0.15) is 5.10 Å². The van der Waals surface area contributed by atoms with Crippen molar-refractivity contribution in [2.24, 2.45) is 0 Å². The van der Waals surface area contributed by atoms with E-state index in [1.54, 1.807) is 10.7 Å². The largest absolute Gasteiger partial charge is 0.490 e. The molecule has 1 aromatic heterocycles. The number of fused-ring (bicyclic) bond motifs is 1. The van der Waals surface area contributed by atoms with E-state index < -0.39 is 0 Å². The maximum absolute atomic E-state index is 11.0. The Morgan fingerprint density at radius 3 is 2.75 bits per heavy atom. The molecule has 0 atom stereocenters. The van der Waals surface area contributed by atoms with Gasteiger partial charge in [-0.1, -0.05) is 0 Å². The lowest BCUT2D eigenvalue weighted by molar-refractivity contribution is 0.111. The van der Waals surface area contributed by atoms with Gasteiger partial charge in [-0.15, -0.1) is 0 Å². The van der Waals surface area contributed by atoms with Gasteiger partial charge in [-0.05, 0) is 31.2 Å². The number of carbonyl (C=O) groups excluding carboxylic acids is 1. The molecule has 0 amide bonds. The van der Waals surface area contributed by atoms with E-state index in [2.05, 4.69) is 5.10 Å². The van der Waals surface area contributed by atoms with Crippen LogP contribution in [0.4, 0.5) is 0 Å². The van der Waals surface area contributed by atoms with Crippen molar-refractivity contribution in [3.8, 4) is 22.8 Å². The zero-order valence-corrected chi connectivity index (χ0v) is 11.3. The van der Waals surface area contributed by atoms with E-state index >= 15 is 0 Å². The first-order valence-electron chi connectivity index (χ1n) is 6.75. The van der Waals surface area contributed by atoms with Crippen LogP contribution in [0.1, 0.15) is 23.8 Å². The number of carbonyl (C=O) groups is 1. The van der Waals surface area contributed by atoms with Gasteiger partial charge in [0.2, 0.25) is 0 Å². The predicted molar refractivity (Wildman–Crippen MR) is 74.3 cm³/mol. The van der Waals surface area contributed by atoms with Crippen molar-refractivity contribution in [1.29, 1.82) is 0 Å². The molecule has 1 aromatic carbocycles. The number of ether oxygens (including phenoxy) is 2. The van der Waals surface area contributed by atoms with E-state index in [9.17, 15) is 4.79 Å². The fourth-order valence-corrected chi connectivity index (χ4v) is 2.24. The topological polar surface area (TPSA) is 53.4 Å². The van der Waals surface area contributed by atoms with Crippen LogP contribution in [0.2, 0.25) is 0 Å². The third kappa shape index (κ3) is 2.27. The van der Waals surface area contributed by atoms with Crippen LogP contribution in [0.15, 0.2) is 24.3 Å². The molecule has 0 saturated carbocycles. The number of hydrogen-bond donors (Lipinski definition) is 0. The van der Waals surface area contributed by atoms with Crippen molar-refractivity contribution in [2.45, 2.75) is 19.9 Å². The van der Waals surface area contributed by atoms with E-state index in [-0.39, 0.29) is 0 Å². The van der Waals surface area contributed by atoms with Crippen LogP contribution in [0, 0.1) is 0 Å². The molecule has 0 radical (unpaired) electrons. The highest BCUT2D eigenvalue weighted by Gasteiger charge is 2.14. The van der Waals surface area contributed by atoms with Gasteiger partial charge in [-0.3, -0.25) is 9.48 Å². The fraction of sp³-hybridized carbons (Fsp3) is 0.333. The Balaban J connectivity index is 2.00. The Morgan fingerprint density at radius 2 is 2.05 bits per heavy atom. The summed E-state index contributed by atoms with van der Waals surface area (Å²) in [5.74, 6) is 1.50. The molecule has 0 saturated heterocycles. The molecule has 0 spiro atoms. The molecule has 1 aliphatic heterocycles. The minimum absolute atomic E-state index is 0.578. The lowest BCUT2D eigenvalue weighted by atomic mass is 10.1.